The van der Waals surface area contributed by atoms with Gasteiger partial charge in [0.15, 0.2) is 5.82 Å². The molecule has 0 unspecified atom stereocenters. The molecule has 0 bridgehead atoms. The van der Waals surface area contributed by atoms with Crippen LogP contribution in [0.25, 0.3) is 6.08 Å². The Hall–Kier alpha value is -1.12. The van der Waals surface area contributed by atoms with Crippen molar-refractivity contribution in [3.63, 3.8) is 0 Å². The molecular formula is C7H9FN2. The molecule has 0 aromatic carbocycles. The van der Waals surface area contributed by atoms with E-state index in [-0.39, 0.29) is 5.82 Å². The fourth-order valence-corrected chi connectivity index (χ4v) is 0.872. The molecule has 2 nitrogen and oxygen atoms in total. The molecule has 0 radical (unpaired) electrons. The van der Waals surface area contributed by atoms with E-state index in [1.54, 1.807) is 14.0 Å². The maximum Gasteiger partial charge on any atom is 0.171 e. The van der Waals surface area contributed by atoms with Gasteiger partial charge in [-0.05, 0) is 13.0 Å². The second-order valence-corrected chi connectivity index (χ2v) is 2.11. The van der Waals surface area contributed by atoms with E-state index in [1.165, 1.54) is 10.8 Å². The predicted molar refractivity (Wildman–Crippen MR) is 38.0 cm³/mol. The zero-order chi connectivity index (χ0) is 7.72. The largest absolute Gasteiger partial charge is 0.265 e. The van der Waals surface area contributed by atoms with Gasteiger partial charge in [-0.3, -0.25) is 4.68 Å². The van der Waals surface area contributed by atoms with Gasteiger partial charge < -0.3 is 0 Å². The maximum absolute atomic E-state index is 12.9. The highest BCUT2D eigenvalue weighted by Crippen LogP contribution is 2.10. The Balaban J connectivity index is 3.33. The van der Waals surface area contributed by atoms with Crippen molar-refractivity contribution in [1.29, 1.82) is 0 Å². The molecule has 0 spiro atoms. The summed E-state index contributed by atoms with van der Waals surface area (Å²) in [6.07, 6.45) is 1.45. The minimum Gasteiger partial charge on any atom is -0.265 e. The summed E-state index contributed by atoms with van der Waals surface area (Å²) in [5.41, 5.74) is 0.856. The summed E-state index contributed by atoms with van der Waals surface area (Å²) < 4.78 is 14.3. The van der Waals surface area contributed by atoms with Gasteiger partial charge in [-0.25, -0.2) is 4.39 Å². The molecule has 0 amide bonds. The Bertz CT molecular complexity index is 263. The topological polar surface area (TPSA) is 17.8 Å². The molecule has 1 heterocycles. The molecule has 0 N–H and O–H groups in total. The maximum atomic E-state index is 12.9. The van der Waals surface area contributed by atoms with Crippen molar-refractivity contribution in [2.45, 2.75) is 6.92 Å². The Morgan fingerprint density at radius 2 is 2.30 bits per heavy atom. The van der Waals surface area contributed by atoms with E-state index in [2.05, 4.69) is 11.7 Å². The standard InChI is InChI=1S/C7H9FN2/c1-4-6-7(8)5(2)9-10(6)3/h4H,1H2,2-3H3. The first-order chi connectivity index (χ1) is 4.66. The van der Waals surface area contributed by atoms with Gasteiger partial charge in [-0.1, -0.05) is 6.58 Å². The van der Waals surface area contributed by atoms with Crippen LogP contribution < -0.4 is 0 Å². The van der Waals surface area contributed by atoms with Gasteiger partial charge in [0, 0.05) is 7.05 Å². The minimum atomic E-state index is -0.280. The van der Waals surface area contributed by atoms with Gasteiger partial charge in [0.05, 0.1) is 11.4 Å². The molecule has 3 heteroatoms. The van der Waals surface area contributed by atoms with Crippen molar-refractivity contribution in [1.82, 2.24) is 9.78 Å². The number of aryl methyl sites for hydroxylation is 2. The van der Waals surface area contributed by atoms with Gasteiger partial charge in [-0.15, -0.1) is 0 Å². The first kappa shape index (κ1) is 6.99. The summed E-state index contributed by atoms with van der Waals surface area (Å²) >= 11 is 0. The third-order valence-electron chi connectivity index (χ3n) is 1.38. The van der Waals surface area contributed by atoms with Gasteiger partial charge in [-0.2, -0.15) is 5.10 Å². The summed E-state index contributed by atoms with van der Waals surface area (Å²) in [6, 6.07) is 0. The zero-order valence-corrected chi connectivity index (χ0v) is 6.06. The first-order valence-corrected chi connectivity index (χ1v) is 2.98. The Labute approximate surface area is 59.0 Å². The van der Waals surface area contributed by atoms with Crippen molar-refractivity contribution >= 4 is 6.08 Å². The summed E-state index contributed by atoms with van der Waals surface area (Å²) in [4.78, 5) is 0. The lowest BCUT2D eigenvalue weighted by Crippen LogP contribution is -1.92. The van der Waals surface area contributed by atoms with E-state index in [4.69, 9.17) is 0 Å². The smallest absolute Gasteiger partial charge is 0.171 e. The molecule has 1 aromatic heterocycles. The van der Waals surface area contributed by atoms with Gasteiger partial charge in [0.2, 0.25) is 0 Å². The summed E-state index contributed by atoms with van der Waals surface area (Å²) in [5, 5.41) is 3.85. The van der Waals surface area contributed by atoms with Crippen LogP contribution in [0.5, 0.6) is 0 Å². The molecule has 0 saturated heterocycles. The van der Waals surface area contributed by atoms with Crippen LogP contribution in [0.15, 0.2) is 6.58 Å². The Morgan fingerprint density at radius 3 is 2.50 bits per heavy atom. The normalized spacial score (nSPS) is 9.90. The number of aromatic nitrogens is 2. The molecule has 1 rings (SSSR count). The summed E-state index contributed by atoms with van der Waals surface area (Å²) in [6.45, 7) is 5.09. The van der Waals surface area contributed by atoms with Crippen LogP contribution in [0.3, 0.4) is 0 Å². The van der Waals surface area contributed by atoms with Crippen LogP contribution in [0.2, 0.25) is 0 Å². The third kappa shape index (κ3) is 0.835. The van der Waals surface area contributed by atoms with E-state index in [9.17, 15) is 4.39 Å². The highest BCUT2D eigenvalue weighted by Gasteiger charge is 2.07. The average Bonchev–Trinajstić information content (AvgIpc) is 2.09. The van der Waals surface area contributed by atoms with Crippen LogP contribution in [0, 0.1) is 12.7 Å². The zero-order valence-electron chi connectivity index (χ0n) is 6.06. The van der Waals surface area contributed by atoms with E-state index in [1.807, 2.05) is 0 Å². The van der Waals surface area contributed by atoms with Crippen LogP contribution >= 0.6 is 0 Å². The summed E-state index contributed by atoms with van der Waals surface area (Å²) in [5.74, 6) is -0.280. The Kier molecular flexibility index (Phi) is 1.57. The van der Waals surface area contributed by atoms with Gasteiger partial charge in [0.25, 0.3) is 0 Å². The van der Waals surface area contributed by atoms with Gasteiger partial charge >= 0.3 is 0 Å². The lowest BCUT2D eigenvalue weighted by Gasteiger charge is -1.90. The number of rotatable bonds is 1. The van der Waals surface area contributed by atoms with E-state index in [0.717, 1.165) is 0 Å². The molecule has 0 fully saturated rings. The fraction of sp³-hybridized carbons (Fsp3) is 0.286. The third-order valence-corrected chi connectivity index (χ3v) is 1.38. The van der Waals surface area contributed by atoms with Crippen LogP contribution in [0.1, 0.15) is 11.4 Å². The number of hydrogen-bond donors (Lipinski definition) is 0. The van der Waals surface area contributed by atoms with Crippen LogP contribution in [-0.4, -0.2) is 9.78 Å². The first-order valence-electron chi connectivity index (χ1n) is 2.98. The SMILES string of the molecule is C=Cc1c(F)c(C)nn1C. The van der Waals surface area contributed by atoms with E-state index >= 15 is 0 Å². The highest BCUT2D eigenvalue weighted by atomic mass is 19.1. The predicted octanol–water partition coefficient (Wildman–Crippen LogP) is 1.51. The van der Waals surface area contributed by atoms with Crippen LogP contribution in [-0.2, 0) is 7.05 Å². The highest BCUT2D eigenvalue weighted by molar-refractivity contribution is 5.43. The van der Waals surface area contributed by atoms with Crippen molar-refractivity contribution in [3.05, 3.63) is 23.8 Å². The number of halogens is 1. The summed E-state index contributed by atoms with van der Waals surface area (Å²) in [7, 11) is 1.69. The van der Waals surface area contributed by atoms with E-state index in [0.29, 0.717) is 11.4 Å². The molecule has 10 heavy (non-hydrogen) atoms. The molecule has 0 saturated carbocycles. The molecule has 1 aromatic rings. The van der Waals surface area contributed by atoms with Crippen molar-refractivity contribution in [3.8, 4) is 0 Å². The number of hydrogen-bond acceptors (Lipinski definition) is 1. The minimum absolute atomic E-state index is 0.280. The second-order valence-electron chi connectivity index (χ2n) is 2.11. The lowest BCUT2D eigenvalue weighted by molar-refractivity contribution is 0.614. The van der Waals surface area contributed by atoms with Gasteiger partial charge in [0.1, 0.15) is 0 Å². The van der Waals surface area contributed by atoms with Crippen molar-refractivity contribution in [2.75, 3.05) is 0 Å². The fourth-order valence-electron chi connectivity index (χ4n) is 0.872. The molecular weight excluding hydrogens is 131 g/mol. The van der Waals surface area contributed by atoms with Crippen molar-refractivity contribution < 1.29 is 4.39 Å². The van der Waals surface area contributed by atoms with E-state index < -0.39 is 0 Å². The second kappa shape index (κ2) is 2.25. The molecule has 54 valence electrons. The molecule has 0 atom stereocenters. The molecule has 0 aliphatic heterocycles. The van der Waals surface area contributed by atoms with Crippen LogP contribution in [0.4, 0.5) is 4.39 Å². The lowest BCUT2D eigenvalue weighted by atomic mass is 10.3. The molecule has 0 aliphatic carbocycles. The monoisotopic (exact) mass is 140 g/mol. The van der Waals surface area contributed by atoms with Crippen molar-refractivity contribution in [2.24, 2.45) is 7.05 Å². The average molecular weight is 140 g/mol. The quantitative estimate of drug-likeness (QED) is 0.578. The Morgan fingerprint density at radius 1 is 1.70 bits per heavy atom. The number of nitrogens with zero attached hydrogens (tertiary/aromatic N) is 2. The molecule has 0 aliphatic rings.